The predicted octanol–water partition coefficient (Wildman–Crippen LogP) is 3.57. The molecule has 106 valence electrons. The van der Waals surface area contributed by atoms with E-state index in [0.717, 1.165) is 37.0 Å². The summed E-state index contributed by atoms with van der Waals surface area (Å²) in [5, 5.41) is 0. The Morgan fingerprint density at radius 1 is 1.10 bits per heavy atom. The van der Waals surface area contributed by atoms with Crippen LogP contribution in [0.15, 0.2) is 24.4 Å². The summed E-state index contributed by atoms with van der Waals surface area (Å²) in [5.74, 6) is 2.57. The zero-order chi connectivity index (χ0) is 13.6. The number of carbonyl (C=O) groups is 1. The second-order valence-electron chi connectivity index (χ2n) is 6.72. The highest BCUT2D eigenvalue weighted by molar-refractivity contribution is 5.63. The first-order chi connectivity index (χ1) is 9.71. The van der Waals surface area contributed by atoms with Crippen molar-refractivity contribution in [2.45, 2.75) is 44.1 Å². The lowest BCUT2D eigenvalue weighted by atomic mass is 9.54. The van der Waals surface area contributed by atoms with Crippen molar-refractivity contribution >= 4 is 6.16 Å². The summed E-state index contributed by atoms with van der Waals surface area (Å²) < 4.78 is 10.9. The van der Waals surface area contributed by atoms with Crippen LogP contribution in [0.3, 0.4) is 0 Å². The SMILES string of the molecule is O=C(Oc1ccccn1)OC12CC3CC(CC(C3)C1)C2. The van der Waals surface area contributed by atoms with Gasteiger partial charge in [0, 0.05) is 12.3 Å². The average Bonchev–Trinajstić information content (AvgIpc) is 2.37. The number of aromatic nitrogens is 1. The highest BCUT2D eigenvalue weighted by atomic mass is 16.7. The van der Waals surface area contributed by atoms with Crippen molar-refractivity contribution in [3.63, 3.8) is 0 Å². The van der Waals surface area contributed by atoms with Gasteiger partial charge in [0.1, 0.15) is 5.60 Å². The molecule has 1 aromatic rings. The van der Waals surface area contributed by atoms with Crippen molar-refractivity contribution in [1.82, 2.24) is 4.98 Å². The Balaban J connectivity index is 1.45. The van der Waals surface area contributed by atoms with Crippen LogP contribution in [-0.4, -0.2) is 16.7 Å². The van der Waals surface area contributed by atoms with E-state index in [9.17, 15) is 4.79 Å². The van der Waals surface area contributed by atoms with E-state index >= 15 is 0 Å². The molecule has 1 heterocycles. The Labute approximate surface area is 118 Å². The van der Waals surface area contributed by atoms with Crippen molar-refractivity contribution in [3.05, 3.63) is 24.4 Å². The van der Waals surface area contributed by atoms with Gasteiger partial charge in [-0.2, -0.15) is 0 Å². The fourth-order valence-corrected chi connectivity index (χ4v) is 4.85. The van der Waals surface area contributed by atoms with E-state index < -0.39 is 6.16 Å². The third-order valence-electron chi connectivity index (χ3n) is 5.11. The van der Waals surface area contributed by atoms with Crippen molar-refractivity contribution in [2.24, 2.45) is 17.8 Å². The van der Waals surface area contributed by atoms with E-state index in [2.05, 4.69) is 4.98 Å². The maximum absolute atomic E-state index is 12.0. The third-order valence-corrected chi connectivity index (χ3v) is 5.11. The van der Waals surface area contributed by atoms with Crippen molar-refractivity contribution in [2.75, 3.05) is 0 Å². The summed E-state index contributed by atoms with van der Waals surface area (Å²) in [6, 6.07) is 5.25. The van der Waals surface area contributed by atoms with Crippen LogP contribution in [0.5, 0.6) is 5.88 Å². The average molecular weight is 273 g/mol. The first-order valence-electron chi connectivity index (χ1n) is 7.53. The molecule has 5 rings (SSSR count). The molecule has 0 saturated heterocycles. The summed E-state index contributed by atoms with van der Waals surface area (Å²) in [5.41, 5.74) is -0.249. The Kier molecular flexibility index (Phi) is 2.72. The summed E-state index contributed by atoms with van der Waals surface area (Å²) in [7, 11) is 0. The molecule has 0 atom stereocenters. The van der Waals surface area contributed by atoms with Crippen LogP contribution < -0.4 is 4.74 Å². The standard InChI is InChI=1S/C16H19NO3/c18-15(19-14-3-1-2-4-17-14)20-16-8-11-5-12(9-16)7-13(6-11)10-16/h1-4,11-13H,5-10H2. The Hall–Kier alpha value is -1.58. The van der Waals surface area contributed by atoms with Gasteiger partial charge in [0.25, 0.3) is 0 Å². The van der Waals surface area contributed by atoms with Crippen LogP contribution in [0.2, 0.25) is 0 Å². The maximum atomic E-state index is 12.0. The van der Waals surface area contributed by atoms with Gasteiger partial charge in [0.2, 0.25) is 5.88 Å². The minimum Gasteiger partial charge on any atom is -0.427 e. The maximum Gasteiger partial charge on any atom is 0.515 e. The molecule has 4 aliphatic carbocycles. The molecule has 0 aromatic carbocycles. The van der Waals surface area contributed by atoms with Crippen molar-refractivity contribution in [3.8, 4) is 5.88 Å². The number of rotatable bonds is 2. The molecule has 20 heavy (non-hydrogen) atoms. The number of pyridine rings is 1. The second kappa shape index (κ2) is 4.47. The zero-order valence-corrected chi connectivity index (χ0v) is 11.5. The Bertz CT molecular complexity index is 478. The van der Waals surface area contributed by atoms with E-state index in [0.29, 0.717) is 5.88 Å². The lowest BCUT2D eigenvalue weighted by molar-refractivity contribution is -0.135. The molecule has 4 saturated carbocycles. The molecular weight excluding hydrogens is 254 g/mol. The molecule has 1 aromatic heterocycles. The molecule has 4 aliphatic rings. The van der Waals surface area contributed by atoms with Gasteiger partial charge < -0.3 is 9.47 Å². The summed E-state index contributed by atoms with van der Waals surface area (Å²) in [6.45, 7) is 0. The van der Waals surface area contributed by atoms with E-state index in [-0.39, 0.29) is 5.60 Å². The smallest absolute Gasteiger partial charge is 0.427 e. The number of carbonyl (C=O) groups excluding carboxylic acids is 1. The van der Waals surface area contributed by atoms with Gasteiger partial charge >= 0.3 is 6.16 Å². The number of nitrogens with zero attached hydrogens (tertiary/aromatic N) is 1. The topological polar surface area (TPSA) is 48.4 Å². The van der Waals surface area contributed by atoms with Gasteiger partial charge in [-0.3, -0.25) is 0 Å². The van der Waals surface area contributed by atoms with Crippen LogP contribution >= 0.6 is 0 Å². The molecule has 0 spiro atoms. The first kappa shape index (κ1) is 12.2. The minimum atomic E-state index is -0.592. The lowest BCUT2D eigenvalue weighted by Crippen LogP contribution is -2.53. The van der Waals surface area contributed by atoms with Crippen LogP contribution in [0, 0.1) is 17.8 Å². The fraction of sp³-hybridized carbons (Fsp3) is 0.625. The van der Waals surface area contributed by atoms with E-state index in [4.69, 9.17) is 9.47 Å². The molecule has 4 heteroatoms. The lowest BCUT2D eigenvalue weighted by Gasteiger charge is -2.55. The largest absolute Gasteiger partial charge is 0.515 e. The molecule has 0 radical (unpaired) electrons. The molecule has 0 aliphatic heterocycles. The molecule has 0 unspecified atom stereocenters. The monoisotopic (exact) mass is 273 g/mol. The molecule has 4 bridgehead atoms. The predicted molar refractivity (Wildman–Crippen MR) is 72.2 cm³/mol. The van der Waals surface area contributed by atoms with E-state index in [1.165, 1.54) is 19.3 Å². The van der Waals surface area contributed by atoms with Crippen LogP contribution in [0.4, 0.5) is 4.79 Å². The van der Waals surface area contributed by atoms with Gasteiger partial charge in [-0.15, -0.1) is 0 Å². The zero-order valence-electron chi connectivity index (χ0n) is 11.5. The normalized spacial score (nSPS) is 37.7. The van der Waals surface area contributed by atoms with Crippen LogP contribution in [0.1, 0.15) is 38.5 Å². The summed E-state index contributed by atoms with van der Waals surface area (Å²) in [4.78, 5) is 16.0. The minimum absolute atomic E-state index is 0.249. The first-order valence-corrected chi connectivity index (χ1v) is 7.53. The molecule has 0 N–H and O–H groups in total. The highest BCUT2D eigenvalue weighted by Gasteiger charge is 2.53. The van der Waals surface area contributed by atoms with E-state index in [1.807, 2.05) is 0 Å². The fourth-order valence-electron chi connectivity index (χ4n) is 4.85. The highest BCUT2D eigenvalue weighted by Crippen LogP contribution is 2.57. The van der Waals surface area contributed by atoms with Crippen molar-refractivity contribution < 1.29 is 14.3 Å². The van der Waals surface area contributed by atoms with Gasteiger partial charge in [-0.1, -0.05) is 6.07 Å². The van der Waals surface area contributed by atoms with Crippen LogP contribution in [-0.2, 0) is 4.74 Å². The number of hydrogen-bond donors (Lipinski definition) is 0. The van der Waals surface area contributed by atoms with Gasteiger partial charge in [-0.25, -0.2) is 9.78 Å². The molecular formula is C16H19NO3. The molecule has 4 nitrogen and oxygen atoms in total. The summed E-state index contributed by atoms with van der Waals surface area (Å²) >= 11 is 0. The van der Waals surface area contributed by atoms with Gasteiger partial charge in [-0.05, 0) is 62.3 Å². The van der Waals surface area contributed by atoms with Crippen molar-refractivity contribution in [1.29, 1.82) is 0 Å². The molecule has 0 amide bonds. The van der Waals surface area contributed by atoms with Gasteiger partial charge in [0.05, 0.1) is 0 Å². The quantitative estimate of drug-likeness (QED) is 0.773. The number of ether oxygens (including phenoxy) is 2. The van der Waals surface area contributed by atoms with Crippen LogP contribution in [0.25, 0.3) is 0 Å². The Morgan fingerprint density at radius 2 is 1.75 bits per heavy atom. The second-order valence-corrected chi connectivity index (χ2v) is 6.72. The summed E-state index contributed by atoms with van der Waals surface area (Å²) in [6.07, 6.45) is 8.08. The molecule has 4 fully saturated rings. The van der Waals surface area contributed by atoms with Gasteiger partial charge in [0.15, 0.2) is 0 Å². The number of hydrogen-bond acceptors (Lipinski definition) is 4. The van der Waals surface area contributed by atoms with E-state index in [1.54, 1.807) is 24.4 Å². The third kappa shape index (κ3) is 2.17. The Morgan fingerprint density at radius 3 is 2.30 bits per heavy atom.